The molecule has 2 rings (SSSR count). The molecule has 2 heteroatoms. The van der Waals surface area contributed by atoms with E-state index in [9.17, 15) is 0 Å². The summed E-state index contributed by atoms with van der Waals surface area (Å²) in [6.07, 6.45) is 8.34. The maximum absolute atomic E-state index is 5.89. The molecule has 2 aliphatic rings. The van der Waals surface area contributed by atoms with Crippen molar-refractivity contribution in [1.82, 2.24) is 4.90 Å². The summed E-state index contributed by atoms with van der Waals surface area (Å²) >= 11 is 0. The Balaban J connectivity index is 1.93. The van der Waals surface area contributed by atoms with Crippen molar-refractivity contribution in [3.8, 4) is 0 Å². The van der Waals surface area contributed by atoms with E-state index in [1.54, 1.807) is 0 Å². The van der Waals surface area contributed by atoms with Crippen LogP contribution >= 0.6 is 0 Å². The Bertz CT molecular complexity index is 179. The van der Waals surface area contributed by atoms with Crippen LogP contribution in [0.4, 0.5) is 0 Å². The molecule has 0 aliphatic heterocycles. The van der Waals surface area contributed by atoms with Gasteiger partial charge < -0.3 is 10.6 Å². The molecule has 0 amide bonds. The molecule has 2 nitrogen and oxygen atoms in total. The van der Waals surface area contributed by atoms with Crippen LogP contribution in [-0.4, -0.2) is 31.1 Å². The molecule has 0 heterocycles. The predicted molar refractivity (Wildman–Crippen MR) is 60.1 cm³/mol. The van der Waals surface area contributed by atoms with Crippen LogP contribution in [-0.2, 0) is 0 Å². The second-order valence-electron chi connectivity index (χ2n) is 5.49. The SMILES string of the molecule is CN(C)C(C1CCCC1)C1CC(N)C1. The first-order valence-corrected chi connectivity index (χ1v) is 6.10. The molecule has 82 valence electrons. The molecular weight excluding hydrogens is 172 g/mol. The maximum atomic E-state index is 5.89. The Kier molecular flexibility index (Phi) is 3.13. The zero-order valence-electron chi connectivity index (χ0n) is 9.58. The molecule has 0 aromatic rings. The Morgan fingerprint density at radius 1 is 1.07 bits per heavy atom. The normalized spacial score (nSPS) is 36.0. The van der Waals surface area contributed by atoms with Crippen molar-refractivity contribution in [2.75, 3.05) is 14.1 Å². The molecule has 0 aromatic carbocycles. The van der Waals surface area contributed by atoms with E-state index in [0.29, 0.717) is 6.04 Å². The van der Waals surface area contributed by atoms with Gasteiger partial charge >= 0.3 is 0 Å². The molecule has 2 fully saturated rings. The van der Waals surface area contributed by atoms with E-state index in [1.165, 1.54) is 38.5 Å². The molecule has 2 N–H and O–H groups in total. The Labute approximate surface area is 87.8 Å². The first-order chi connectivity index (χ1) is 6.68. The number of hydrogen-bond donors (Lipinski definition) is 1. The summed E-state index contributed by atoms with van der Waals surface area (Å²) < 4.78 is 0. The third kappa shape index (κ3) is 1.96. The second-order valence-corrected chi connectivity index (χ2v) is 5.49. The maximum Gasteiger partial charge on any atom is 0.0147 e. The fourth-order valence-electron chi connectivity index (χ4n) is 3.51. The molecule has 14 heavy (non-hydrogen) atoms. The summed E-state index contributed by atoms with van der Waals surface area (Å²) in [6, 6.07) is 1.32. The highest BCUT2D eigenvalue weighted by atomic mass is 15.1. The predicted octanol–water partition coefficient (Wildman–Crippen LogP) is 1.84. The lowest BCUT2D eigenvalue weighted by molar-refractivity contribution is 0.0781. The van der Waals surface area contributed by atoms with Crippen molar-refractivity contribution in [2.45, 2.75) is 50.6 Å². The van der Waals surface area contributed by atoms with E-state index in [1.807, 2.05) is 0 Å². The van der Waals surface area contributed by atoms with Crippen LogP contribution in [0.15, 0.2) is 0 Å². The van der Waals surface area contributed by atoms with E-state index in [0.717, 1.165) is 17.9 Å². The molecule has 2 saturated carbocycles. The minimum Gasteiger partial charge on any atom is -0.328 e. The molecule has 0 spiro atoms. The second kappa shape index (κ2) is 4.19. The Morgan fingerprint density at radius 2 is 1.64 bits per heavy atom. The summed E-state index contributed by atoms with van der Waals surface area (Å²) in [5.41, 5.74) is 5.89. The highest BCUT2D eigenvalue weighted by Crippen LogP contribution is 2.40. The Hall–Kier alpha value is -0.0800. The fraction of sp³-hybridized carbons (Fsp3) is 1.00. The van der Waals surface area contributed by atoms with Crippen LogP contribution in [0, 0.1) is 11.8 Å². The number of rotatable bonds is 3. The molecule has 1 atom stereocenters. The smallest absolute Gasteiger partial charge is 0.0147 e. The van der Waals surface area contributed by atoms with E-state index >= 15 is 0 Å². The highest BCUT2D eigenvalue weighted by molar-refractivity contribution is 4.94. The van der Waals surface area contributed by atoms with Gasteiger partial charge in [-0.05, 0) is 51.6 Å². The van der Waals surface area contributed by atoms with Crippen molar-refractivity contribution in [2.24, 2.45) is 17.6 Å². The van der Waals surface area contributed by atoms with Gasteiger partial charge in [-0.2, -0.15) is 0 Å². The molecule has 0 saturated heterocycles. The van der Waals surface area contributed by atoms with Crippen LogP contribution in [0.1, 0.15) is 38.5 Å². The summed E-state index contributed by atoms with van der Waals surface area (Å²) in [5, 5.41) is 0. The first-order valence-electron chi connectivity index (χ1n) is 6.10. The van der Waals surface area contributed by atoms with E-state index in [2.05, 4.69) is 19.0 Å². The number of nitrogens with two attached hydrogens (primary N) is 1. The van der Waals surface area contributed by atoms with Crippen LogP contribution in [0.25, 0.3) is 0 Å². The molecule has 1 unspecified atom stereocenters. The van der Waals surface area contributed by atoms with Gasteiger partial charge in [-0.3, -0.25) is 0 Å². The summed E-state index contributed by atoms with van der Waals surface area (Å²) in [4.78, 5) is 2.45. The zero-order chi connectivity index (χ0) is 10.1. The number of hydrogen-bond acceptors (Lipinski definition) is 2. The lowest BCUT2D eigenvalue weighted by Gasteiger charge is -2.44. The molecule has 0 bridgehead atoms. The summed E-state index contributed by atoms with van der Waals surface area (Å²) in [7, 11) is 4.49. The molecule has 0 radical (unpaired) electrons. The van der Waals surface area contributed by atoms with Gasteiger partial charge in [0.1, 0.15) is 0 Å². The molecular formula is C12H24N2. The fourth-order valence-corrected chi connectivity index (χ4v) is 3.51. The highest BCUT2D eigenvalue weighted by Gasteiger charge is 2.39. The van der Waals surface area contributed by atoms with Gasteiger partial charge in [0.15, 0.2) is 0 Å². The van der Waals surface area contributed by atoms with Crippen molar-refractivity contribution >= 4 is 0 Å². The minimum absolute atomic E-state index is 0.504. The van der Waals surface area contributed by atoms with Crippen LogP contribution in [0.2, 0.25) is 0 Å². The van der Waals surface area contributed by atoms with E-state index in [4.69, 9.17) is 5.73 Å². The lowest BCUT2D eigenvalue weighted by Crippen LogP contribution is -2.50. The van der Waals surface area contributed by atoms with E-state index in [-0.39, 0.29) is 0 Å². The molecule has 2 aliphatic carbocycles. The lowest BCUT2D eigenvalue weighted by atomic mass is 9.71. The third-order valence-electron chi connectivity index (χ3n) is 4.17. The standard InChI is InChI=1S/C12H24N2/c1-14(2)12(9-5-3-4-6-9)10-7-11(13)8-10/h9-12H,3-8,13H2,1-2H3. The first kappa shape index (κ1) is 10.4. The van der Waals surface area contributed by atoms with Crippen molar-refractivity contribution in [3.05, 3.63) is 0 Å². The minimum atomic E-state index is 0.504. The third-order valence-corrected chi connectivity index (χ3v) is 4.17. The van der Waals surface area contributed by atoms with E-state index < -0.39 is 0 Å². The van der Waals surface area contributed by atoms with Gasteiger partial charge in [-0.1, -0.05) is 12.8 Å². The van der Waals surface area contributed by atoms with Crippen molar-refractivity contribution in [3.63, 3.8) is 0 Å². The van der Waals surface area contributed by atoms with Gasteiger partial charge in [0.05, 0.1) is 0 Å². The summed E-state index contributed by atoms with van der Waals surface area (Å²) in [6.45, 7) is 0. The quantitative estimate of drug-likeness (QED) is 0.746. The van der Waals surface area contributed by atoms with Crippen LogP contribution in [0.5, 0.6) is 0 Å². The monoisotopic (exact) mass is 196 g/mol. The van der Waals surface area contributed by atoms with Gasteiger partial charge in [0, 0.05) is 12.1 Å². The Morgan fingerprint density at radius 3 is 2.07 bits per heavy atom. The summed E-state index contributed by atoms with van der Waals surface area (Å²) in [5.74, 6) is 1.85. The van der Waals surface area contributed by atoms with Crippen LogP contribution < -0.4 is 5.73 Å². The van der Waals surface area contributed by atoms with Gasteiger partial charge in [-0.15, -0.1) is 0 Å². The van der Waals surface area contributed by atoms with Crippen LogP contribution in [0.3, 0.4) is 0 Å². The topological polar surface area (TPSA) is 29.3 Å². The largest absolute Gasteiger partial charge is 0.328 e. The zero-order valence-corrected chi connectivity index (χ0v) is 9.58. The van der Waals surface area contributed by atoms with Gasteiger partial charge in [-0.25, -0.2) is 0 Å². The van der Waals surface area contributed by atoms with Crippen molar-refractivity contribution < 1.29 is 0 Å². The van der Waals surface area contributed by atoms with Gasteiger partial charge in [0.25, 0.3) is 0 Å². The average Bonchev–Trinajstić information content (AvgIpc) is 2.54. The number of nitrogens with zero attached hydrogens (tertiary/aromatic N) is 1. The van der Waals surface area contributed by atoms with Gasteiger partial charge in [0.2, 0.25) is 0 Å². The van der Waals surface area contributed by atoms with Crippen molar-refractivity contribution in [1.29, 1.82) is 0 Å². The average molecular weight is 196 g/mol. The molecule has 0 aromatic heterocycles.